The minimum absolute atomic E-state index is 0.0654. The zero-order valence-electron chi connectivity index (χ0n) is 11.7. The molecule has 2 atom stereocenters. The van der Waals surface area contributed by atoms with Gasteiger partial charge in [-0.3, -0.25) is 14.4 Å². The number of nitrogens with one attached hydrogen (secondary N) is 2. The van der Waals surface area contributed by atoms with Crippen LogP contribution in [0.3, 0.4) is 0 Å². The molecule has 0 rings (SSSR count). The van der Waals surface area contributed by atoms with Crippen LogP contribution in [0, 0.1) is 5.92 Å². The van der Waals surface area contributed by atoms with Gasteiger partial charge in [-0.1, -0.05) is 13.8 Å². The maximum absolute atomic E-state index is 11.9. The van der Waals surface area contributed by atoms with E-state index in [1.54, 1.807) is 0 Å². The third kappa shape index (κ3) is 7.40. The molecule has 0 aliphatic carbocycles. The van der Waals surface area contributed by atoms with Crippen molar-refractivity contribution in [2.24, 2.45) is 5.92 Å². The Morgan fingerprint density at radius 1 is 1.26 bits per heavy atom. The van der Waals surface area contributed by atoms with Crippen LogP contribution in [0.4, 0.5) is 0 Å². The topological polar surface area (TPSA) is 105 Å². The van der Waals surface area contributed by atoms with E-state index in [0.717, 1.165) is 0 Å². The van der Waals surface area contributed by atoms with Crippen LogP contribution in [0.2, 0.25) is 0 Å². The van der Waals surface area contributed by atoms with Crippen LogP contribution >= 0.6 is 0 Å². The second-order valence-electron chi connectivity index (χ2n) is 4.62. The number of ether oxygens (including phenoxy) is 1. The van der Waals surface area contributed by atoms with Crippen molar-refractivity contribution in [3.63, 3.8) is 0 Å². The van der Waals surface area contributed by atoms with Crippen molar-refractivity contribution in [3.8, 4) is 0 Å². The lowest BCUT2D eigenvalue weighted by atomic mass is 10.0. The van der Waals surface area contributed by atoms with Gasteiger partial charge in [-0.2, -0.15) is 0 Å². The van der Waals surface area contributed by atoms with E-state index >= 15 is 0 Å². The first-order chi connectivity index (χ1) is 8.77. The molecule has 0 heterocycles. The Bertz CT molecular complexity index is 330. The van der Waals surface area contributed by atoms with Gasteiger partial charge in [0, 0.05) is 20.6 Å². The van der Waals surface area contributed by atoms with Gasteiger partial charge in [0.2, 0.25) is 11.8 Å². The molecular weight excluding hydrogens is 252 g/mol. The highest BCUT2D eigenvalue weighted by Gasteiger charge is 2.23. The molecule has 0 aliphatic rings. The molecule has 0 radical (unpaired) electrons. The van der Waals surface area contributed by atoms with Gasteiger partial charge in [-0.15, -0.1) is 0 Å². The van der Waals surface area contributed by atoms with Gasteiger partial charge in [-0.25, -0.2) is 0 Å². The number of aliphatic carboxylic acids is 1. The molecule has 7 heteroatoms. The second-order valence-corrected chi connectivity index (χ2v) is 4.62. The van der Waals surface area contributed by atoms with Crippen molar-refractivity contribution >= 4 is 17.8 Å². The summed E-state index contributed by atoms with van der Waals surface area (Å²) in [5, 5.41) is 13.8. The number of rotatable bonds is 8. The van der Waals surface area contributed by atoms with Gasteiger partial charge in [0.15, 0.2) is 0 Å². The van der Waals surface area contributed by atoms with E-state index in [1.807, 2.05) is 13.8 Å². The van der Waals surface area contributed by atoms with Crippen LogP contribution in [0.1, 0.15) is 27.2 Å². The Hall–Kier alpha value is -1.63. The number of methoxy groups -OCH3 is 1. The van der Waals surface area contributed by atoms with Crippen LogP contribution in [0.15, 0.2) is 0 Å². The third-order valence-corrected chi connectivity index (χ3v) is 2.55. The summed E-state index contributed by atoms with van der Waals surface area (Å²) in [7, 11) is 1.38. The van der Waals surface area contributed by atoms with Gasteiger partial charge in [0.1, 0.15) is 6.04 Å². The summed E-state index contributed by atoms with van der Waals surface area (Å²) in [5.41, 5.74) is 0. The summed E-state index contributed by atoms with van der Waals surface area (Å²) in [6.07, 6.45) is -0.782. The first-order valence-electron chi connectivity index (χ1n) is 6.07. The van der Waals surface area contributed by atoms with Crippen molar-refractivity contribution in [1.82, 2.24) is 10.6 Å². The second kappa shape index (κ2) is 8.47. The standard InChI is InChI=1S/C12H22N2O5/c1-7(2)11(14-8(3)15)12(18)13-6-9(19-4)5-10(16)17/h7,9,11H,5-6H2,1-4H3,(H,13,18)(H,14,15)(H,16,17). The van der Waals surface area contributed by atoms with Crippen molar-refractivity contribution in [2.75, 3.05) is 13.7 Å². The summed E-state index contributed by atoms with van der Waals surface area (Å²) in [6, 6.07) is -0.639. The zero-order valence-corrected chi connectivity index (χ0v) is 11.7. The van der Waals surface area contributed by atoms with E-state index in [9.17, 15) is 14.4 Å². The van der Waals surface area contributed by atoms with E-state index < -0.39 is 18.1 Å². The van der Waals surface area contributed by atoms with E-state index in [4.69, 9.17) is 9.84 Å². The van der Waals surface area contributed by atoms with Crippen molar-refractivity contribution in [3.05, 3.63) is 0 Å². The predicted molar refractivity (Wildman–Crippen MR) is 68.5 cm³/mol. The molecule has 0 saturated heterocycles. The molecule has 3 N–H and O–H groups in total. The lowest BCUT2D eigenvalue weighted by Gasteiger charge is -2.22. The lowest BCUT2D eigenvalue weighted by molar-refractivity contribution is -0.140. The number of amides is 2. The summed E-state index contributed by atoms with van der Waals surface area (Å²) < 4.78 is 4.95. The van der Waals surface area contributed by atoms with Gasteiger partial charge >= 0.3 is 5.97 Å². The normalized spacial score (nSPS) is 13.7. The first kappa shape index (κ1) is 17.4. The largest absolute Gasteiger partial charge is 0.481 e. The average Bonchev–Trinajstić information content (AvgIpc) is 2.29. The van der Waals surface area contributed by atoms with Crippen LogP contribution in [0.5, 0.6) is 0 Å². The number of carbonyl (C=O) groups excluding carboxylic acids is 2. The van der Waals surface area contributed by atoms with Crippen LogP contribution in [0.25, 0.3) is 0 Å². The van der Waals surface area contributed by atoms with E-state index in [0.29, 0.717) is 0 Å². The number of carboxylic acids is 1. The van der Waals surface area contributed by atoms with Crippen molar-refractivity contribution in [2.45, 2.75) is 39.3 Å². The van der Waals surface area contributed by atoms with Crippen molar-refractivity contribution < 1.29 is 24.2 Å². The molecule has 7 nitrogen and oxygen atoms in total. The summed E-state index contributed by atoms with van der Waals surface area (Å²) >= 11 is 0. The fraction of sp³-hybridized carbons (Fsp3) is 0.750. The molecular formula is C12H22N2O5. The predicted octanol–water partition coefficient (Wildman–Crippen LogP) is -0.247. The molecule has 0 bridgehead atoms. The fourth-order valence-electron chi connectivity index (χ4n) is 1.51. The highest BCUT2D eigenvalue weighted by Crippen LogP contribution is 2.02. The fourth-order valence-corrected chi connectivity index (χ4v) is 1.51. The summed E-state index contributed by atoms with van der Waals surface area (Å²) in [5.74, 6) is -1.70. The minimum atomic E-state index is -0.997. The summed E-state index contributed by atoms with van der Waals surface area (Å²) in [4.78, 5) is 33.5. The molecule has 0 spiro atoms. The summed E-state index contributed by atoms with van der Waals surface area (Å²) in [6.45, 7) is 5.05. The SMILES string of the molecule is COC(CNC(=O)C(NC(C)=O)C(C)C)CC(=O)O. The van der Waals surface area contributed by atoms with Gasteiger partial charge in [-0.05, 0) is 5.92 Å². The Morgan fingerprint density at radius 2 is 1.84 bits per heavy atom. The number of hydrogen-bond donors (Lipinski definition) is 3. The van der Waals surface area contributed by atoms with Crippen LogP contribution in [-0.2, 0) is 19.1 Å². The molecule has 0 aromatic rings. The monoisotopic (exact) mass is 274 g/mol. The first-order valence-corrected chi connectivity index (χ1v) is 6.07. The third-order valence-electron chi connectivity index (χ3n) is 2.55. The Balaban J connectivity index is 4.39. The zero-order chi connectivity index (χ0) is 15.0. The highest BCUT2D eigenvalue weighted by molar-refractivity contribution is 5.87. The Kier molecular flexibility index (Phi) is 7.74. The molecule has 0 fully saturated rings. The Morgan fingerprint density at radius 3 is 2.21 bits per heavy atom. The molecule has 2 unspecified atom stereocenters. The van der Waals surface area contributed by atoms with Crippen molar-refractivity contribution in [1.29, 1.82) is 0 Å². The smallest absolute Gasteiger partial charge is 0.306 e. The van der Waals surface area contributed by atoms with Gasteiger partial charge in [0.05, 0.1) is 12.5 Å². The minimum Gasteiger partial charge on any atom is -0.481 e. The maximum atomic E-state index is 11.9. The van der Waals surface area contributed by atoms with Crippen LogP contribution < -0.4 is 10.6 Å². The quantitative estimate of drug-likeness (QED) is 0.566. The molecule has 0 aromatic heterocycles. The van der Waals surface area contributed by atoms with Gasteiger partial charge in [0.25, 0.3) is 0 Å². The number of hydrogen-bond acceptors (Lipinski definition) is 4. The molecule has 19 heavy (non-hydrogen) atoms. The number of carboxylic acid groups (broad SMARTS) is 1. The number of carbonyl (C=O) groups is 3. The van der Waals surface area contributed by atoms with E-state index in [-0.39, 0.29) is 30.7 Å². The molecule has 0 aliphatic heterocycles. The Labute approximate surface area is 112 Å². The maximum Gasteiger partial charge on any atom is 0.306 e. The van der Waals surface area contributed by atoms with Crippen LogP contribution in [-0.4, -0.2) is 48.7 Å². The molecule has 2 amide bonds. The molecule has 0 saturated carbocycles. The lowest BCUT2D eigenvalue weighted by Crippen LogP contribution is -2.50. The van der Waals surface area contributed by atoms with E-state index in [1.165, 1.54) is 14.0 Å². The van der Waals surface area contributed by atoms with Gasteiger partial charge < -0.3 is 20.5 Å². The average molecular weight is 274 g/mol. The highest BCUT2D eigenvalue weighted by atomic mass is 16.5. The molecule has 0 aromatic carbocycles. The molecule has 110 valence electrons. The van der Waals surface area contributed by atoms with E-state index in [2.05, 4.69) is 10.6 Å².